The van der Waals surface area contributed by atoms with E-state index in [0.29, 0.717) is 23.8 Å². The predicted molar refractivity (Wildman–Crippen MR) is 86.0 cm³/mol. The highest BCUT2D eigenvalue weighted by molar-refractivity contribution is 5.83. The largest absolute Gasteiger partial charge is 0.508 e. The van der Waals surface area contributed by atoms with Gasteiger partial charge in [-0.2, -0.15) is 0 Å². The van der Waals surface area contributed by atoms with Crippen LogP contribution in [-0.4, -0.2) is 16.5 Å². The molecule has 3 heteroatoms. The van der Waals surface area contributed by atoms with E-state index in [0.717, 1.165) is 12.8 Å². The van der Waals surface area contributed by atoms with E-state index in [2.05, 4.69) is 19.9 Å². The number of phenols is 2. The number of benzene rings is 1. The summed E-state index contributed by atoms with van der Waals surface area (Å²) in [6.07, 6.45) is 7.13. The fourth-order valence-electron chi connectivity index (χ4n) is 2.16. The molecular formula is C18H24O3. The molecule has 0 amide bonds. The Bertz CT molecular complexity index is 577. The van der Waals surface area contributed by atoms with Gasteiger partial charge >= 0.3 is 0 Å². The highest BCUT2D eigenvalue weighted by Gasteiger charge is 2.14. The Morgan fingerprint density at radius 3 is 2.43 bits per heavy atom. The highest BCUT2D eigenvalue weighted by atomic mass is 16.3. The molecule has 0 aliphatic heterocycles. The lowest BCUT2D eigenvalue weighted by Crippen LogP contribution is -1.94. The molecule has 0 saturated carbocycles. The van der Waals surface area contributed by atoms with Crippen LogP contribution in [0, 0.1) is 6.92 Å². The molecule has 0 spiro atoms. The van der Waals surface area contributed by atoms with Gasteiger partial charge in [0.2, 0.25) is 0 Å². The number of carbonyl (C=O) groups excluding carboxylic acids is 1. The molecule has 0 fully saturated rings. The first-order chi connectivity index (χ1) is 9.86. The summed E-state index contributed by atoms with van der Waals surface area (Å²) < 4.78 is 0. The summed E-state index contributed by atoms with van der Waals surface area (Å²) in [5.74, 6) is -0.0835. The molecule has 0 heterocycles. The lowest BCUT2D eigenvalue weighted by Gasteiger charge is -2.10. The second kappa shape index (κ2) is 7.67. The minimum absolute atomic E-state index is 0.0314. The Labute approximate surface area is 126 Å². The van der Waals surface area contributed by atoms with E-state index in [1.165, 1.54) is 17.2 Å². The summed E-state index contributed by atoms with van der Waals surface area (Å²) in [7, 11) is 0. The average molecular weight is 288 g/mol. The van der Waals surface area contributed by atoms with Gasteiger partial charge in [0.1, 0.15) is 11.5 Å². The van der Waals surface area contributed by atoms with Gasteiger partial charge in [-0.25, -0.2) is 0 Å². The fraction of sp³-hybridized carbons (Fsp3) is 0.389. The van der Waals surface area contributed by atoms with Crippen LogP contribution in [0.25, 0.3) is 0 Å². The standard InChI is InChI=1S/C18H24O3/c1-12(2)6-5-7-13(3)8-9-15-17(20)10-14(4)16(11-19)18(15)21/h6,8,10-11,20-21H,5,7,9H2,1-4H3. The summed E-state index contributed by atoms with van der Waals surface area (Å²) in [6, 6.07) is 1.52. The van der Waals surface area contributed by atoms with E-state index in [4.69, 9.17) is 0 Å². The monoisotopic (exact) mass is 288 g/mol. The minimum atomic E-state index is -0.115. The molecule has 0 aliphatic carbocycles. The van der Waals surface area contributed by atoms with E-state index in [1.54, 1.807) is 6.92 Å². The third kappa shape index (κ3) is 4.78. The van der Waals surface area contributed by atoms with Crippen LogP contribution in [0.2, 0.25) is 0 Å². The van der Waals surface area contributed by atoms with E-state index in [-0.39, 0.29) is 17.1 Å². The van der Waals surface area contributed by atoms with Gasteiger partial charge in [0.15, 0.2) is 6.29 Å². The zero-order valence-corrected chi connectivity index (χ0v) is 13.2. The van der Waals surface area contributed by atoms with E-state index >= 15 is 0 Å². The van der Waals surface area contributed by atoms with Crippen LogP contribution in [0.3, 0.4) is 0 Å². The Morgan fingerprint density at radius 2 is 1.86 bits per heavy atom. The number of aromatic hydroxyl groups is 2. The summed E-state index contributed by atoms with van der Waals surface area (Å²) >= 11 is 0. The zero-order valence-electron chi connectivity index (χ0n) is 13.2. The molecule has 114 valence electrons. The first-order valence-electron chi connectivity index (χ1n) is 7.15. The minimum Gasteiger partial charge on any atom is -0.508 e. The van der Waals surface area contributed by atoms with Crippen molar-refractivity contribution < 1.29 is 15.0 Å². The van der Waals surface area contributed by atoms with Gasteiger partial charge in [0.25, 0.3) is 0 Å². The van der Waals surface area contributed by atoms with Gasteiger partial charge in [-0.1, -0.05) is 23.3 Å². The number of aryl methyl sites for hydroxylation is 1. The van der Waals surface area contributed by atoms with Gasteiger partial charge in [-0.05, 0) is 58.6 Å². The van der Waals surface area contributed by atoms with Crippen LogP contribution in [0.1, 0.15) is 55.1 Å². The first kappa shape index (κ1) is 17.0. The molecule has 1 rings (SSSR count). The topological polar surface area (TPSA) is 57.5 Å². The number of carbonyl (C=O) groups is 1. The van der Waals surface area contributed by atoms with Crippen molar-refractivity contribution in [2.24, 2.45) is 0 Å². The van der Waals surface area contributed by atoms with Crippen molar-refractivity contribution in [3.8, 4) is 11.5 Å². The van der Waals surface area contributed by atoms with E-state index < -0.39 is 0 Å². The molecule has 0 atom stereocenters. The van der Waals surface area contributed by atoms with Crippen LogP contribution in [0.15, 0.2) is 29.4 Å². The first-order valence-corrected chi connectivity index (χ1v) is 7.15. The molecule has 2 N–H and O–H groups in total. The summed E-state index contributed by atoms with van der Waals surface area (Å²) in [5, 5.41) is 20.0. The predicted octanol–water partition coefficient (Wildman–Crippen LogP) is 4.45. The van der Waals surface area contributed by atoms with Crippen molar-refractivity contribution in [2.45, 2.75) is 47.0 Å². The van der Waals surface area contributed by atoms with Crippen LogP contribution >= 0.6 is 0 Å². The number of hydrogen-bond acceptors (Lipinski definition) is 3. The van der Waals surface area contributed by atoms with Gasteiger partial charge in [-0.15, -0.1) is 0 Å². The van der Waals surface area contributed by atoms with Gasteiger partial charge in [0.05, 0.1) is 5.56 Å². The molecule has 3 nitrogen and oxygen atoms in total. The number of rotatable bonds is 6. The third-order valence-corrected chi connectivity index (χ3v) is 3.49. The maximum atomic E-state index is 11.0. The normalized spacial score (nSPS) is 11.3. The van der Waals surface area contributed by atoms with Crippen molar-refractivity contribution in [2.75, 3.05) is 0 Å². The van der Waals surface area contributed by atoms with Crippen LogP contribution in [0.4, 0.5) is 0 Å². The van der Waals surface area contributed by atoms with E-state index in [1.807, 2.05) is 13.0 Å². The van der Waals surface area contributed by atoms with Crippen LogP contribution in [-0.2, 0) is 6.42 Å². The maximum absolute atomic E-state index is 11.0. The number of hydrogen-bond donors (Lipinski definition) is 2. The summed E-state index contributed by atoms with van der Waals surface area (Å²) in [5.41, 5.74) is 3.72. The van der Waals surface area contributed by atoms with Crippen molar-refractivity contribution in [3.63, 3.8) is 0 Å². The second-order valence-electron chi connectivity index (χ2n) is 5.65. The van der Waals surface area contributed by atoms with Crippen LogP contribution < -0.4 is 0 Å². The molecule has 0 radical (unpaired) electrons. The zero-order chi connectivity index (χ0) is 16.0. The van der Waals surface area contributed by atoms with Crippen molar-refractivity contribution in [3.05, 3.63) is 46.1 Å². The third-order valence-electron chi connectivity index (χ3n) is 3.49. The van der Waals surface area contributed by atoms with E-state index in [9.17, 15) is 15.0 Å². The summed E-state index contributed by atoms with van der Waals surface area (Å²) in [4.78, 5) is 11.0. The highest BCUT2D eigenvalue weighted by Crippen LogP contribution is 2.33. The lowest BCUT2D eigenvalue weighted by atomic mass is 9.99. The molecule has 0 unspecified atom stereocenters. The van der Waals surface area contributed by atoms with Gasteiger partial charge < -0.3 is 10.2 Å². The Hall–Kier alpha value is -2.03. The number of allylic oxidation sites excluding steroid dienone is 4. The lowest BCUT2D eigenvalue weighted by molar-refractivity contribution is 0.112. The SMILES string of the molecule is CC(C)=CCCC(C)=CCc1c(O)cc(C)c(C=O)c1O. The Kier molecular flexibility index (Phi) is 6.22. The van der Waals surface area contributed by atoms with Gasteiger partial charge in [-0.3, -0.25) is 4.79 Å². The average Bonchev–Trinajstić information content (AvgIpc) is 2.38. The summed E-state index contributed by atoms with van der Waals surface area (Å²) in [6.45, 7) is 7.86. The molecule has 21 heavy (non-hydrogen) atoms. The Morgan fingerprint density at radius 1 is 1.19 bits per heavy atom. The number of phenolic OH excluding ortho intramolecular Hbond substituents is 2. The molecule has 1 aromatic rings. The van der Waals surface area contributed by atoms with Crippen molar-refractivity contribution in [1.82, 2.24) is 0 Å². The molecule has 0 bridgehead atoms. The molecule has 0 aromatic heterocycles. The fourth-order valence-corrected chi connectivity index (χ4v) is 2.16. The van der Waals surface area contributed by atoms with Crippen molar-refractivity contribution >= 4 is 6.29 Å². The molecule has 1 aromatic carbocycles. The molecular weight excluding hydrogens is 264 g/mol. The van der Waals surface area contributed by atoms with Crippen LogP contribution in [0.5, 0.6) is 11.5 Å². The molecule has 0 aliphatic rings. The maximum Gasteiger partial charge on any atom is 0.154 e. The second-order valence-corrected chi connectivity index (χ2v) is 5.65. The number of aldehydes is 1. The van der Waals surface area contributed by atoms with Gasteiger partial charge in [0, 0.05) is 5.56 Å². The molecule has 0 saturated heterocycles. The Balaban J connectivity index is 2.88. The smallest absolute Gasteiger partial charge is 0.154 e. The quantitative estimate of drug-likeness (QED) is 0.600. The van der Waals surface area contributed by atoms with Crippen molar-refractivity contribution in [1.29, 1.82) is 0 Å².